The van der Waals surface area contributed by atoms with Gasteiger partial charge in [-0.25, -0.2) is 0 Å². The van der Waals surface area contributed by atoms with E-state index >= 15 is 0 Å². The van der Waals surface area contributed by atoms with Gasteiger partial charge in [0.25, 0.3) is 0 Å². The maximum atomic E-state index is 6.33. The second-order valence-electron chi connectivity index (χ2n) is 7.56. The smallest absolute Gasteiger partial charge is 0.249 e. The lowest BCUT2D eigenvalue weighted by Crippen LogP contribution is -2.16. The van der Waals surface area contributed by atoms with Crippen LogP contribution in [0.1, 0.15) is 41.5 Å². The monoisotopic (exact) mass is 415 g/mol. The van der Waals surface area contributed by atoms with Crippen molar-refractivity contribution in [3.05, 3.63) is 100 Å². The summed E-state index contributed by atoms with van der Waals surface area (Å²) in [6.07, 6.45) is 4.70. The summed E-state index contributed by atoms with van der Waals surface area (Å²) < 4.78 is 6.11. The van der Waals surface area contributed by atoms with Gasteiger partial charge in [-0.3, -0.25) is 0 Å². The second-order valence-corrected chi connectivity index (χ2v) is 7.97. The van der Waals surface area contributed by atoms with E-state index < -0.39 is 0 Å². The number of nitrogens with one attached hydrogen (secondary N) is 1. The Morgan fingerprint density at radius 2 is 1.63 bits per heavy atom. The fourth-order valence-corrected chi connectivity index (χ4v) is 4.32. The maximum absolute atomic E-state index is 6.33. The molecule has 1 N–H and O–H groups in total. The Hall–Kier alpha value is -3.11. The Morgan fingerprint density at radius 3 is 2.50 bits per heavy atom. The number of fused-ring (bicyclic) bond motifs is 1. The molecular formula is C25H22ClN3O. The molecule has 0 amide bonds. The SMILES string of the molecule is Clc1ccccc1-c1nnc([C@H](Nc2cccc3c2CCCC3)c2ccccc2)o1. The lowest BCUT2D eigenvalue weighted by atomic mass is 9.90. The molecule has 0 saturated carbocycles. The van der Waals surface area contributed by atoms with Gasteiger partial charge in [0, 0.05) is 5.69 Å². The standard InChI is InChI=1S/C25H22ClN3O/c26-21-15-7-6-14-20(21)24-28-29-25(30-24)23(18-10-2-1-3-11-18)27-22-16-8-12-17-9-4-5-13-19(17)22/h1-3,6-8,10-12,14-16,23,27H,4-5,9,13H2/t23-/m1/s1. The maximum Gasteiger partial charge on any atom is 0.249 e. The van der Waals surface area contributed by atoms with Gasteiger partial charge >= 0.3 is 0 Å². The molecule has 1 atom stereocenters. The van der Waals surface area contributed by atoms with Gasteiger partial charge < -0.3 is 9.73 Å². The van der Waals surface area contributed by atoms with Crippen molar-refractivity contribution in [2.45, 2.75) is 31.7 Å². The third kappa shape index (κ3) is 3.71. The van der Waals surface area contributed by atoms with Crippen molar-refractivity contribution < 1.29 is 4.42 Å². The summed E-state index contributed by atoms with van der Waals surface area (Å²) in [6.45, 7) is 0. The fourth-order valence-electron chi connectivity index (χ4n) is 4.10. The third-order valence-electron chi connectivity index (χ3n) is 5.62. The van der Waals surface area contributed by atoms with E-state index in [0.717, 1.165) is 29.7 Å². The molecule has 5 heteroatoms. The fraction of sp³-hybridized carbons (Fsp3) is 0.200. The molecule has 150 valence electrons. The predicted octanol–water partition coefficient (Wildman–Crippen LogP) is 6.47. The topological polar surface area (TPSA) is 51.0 Å². The first kappa shape index (κ1) is 18.9. The molecule has 0 fully saturated rings. The van der Waals surface area contributed by atoms with Crippen LogP contribution in [0.4, 0.5) is 5.69 Å². The van der Waals surface area contributed by atoms with E-state index in [0.29, 0.717) is 16.8 Å². The number of benzene rings is 3. The van der Waals surface area contributed by atoms with Crippen LogP contribution in [0.3, 0.4) is 0 Å². The molecule has 1 aliphatic rings. The molecule has 0 aliphatic heterocycles. The number of halogens is 1. The molecule has 5 rings (SSSR count). The molecule has 4 nitrogen and oxygen atoms in total. The van der Waals surface area contributed by atoms with E-state index in [9.17, 15) is 0 Å². The Kier molecular flexibility index (Phi) is 5.24. The number of anilines is 1. The van der Waals surface area contributed by atoms with Crippen LogP contribution in [0.2, 0.25) is 5.02 Å². The average Bonchev–Trinajstić information content (AvgIpc) is 3.28. The summed E-state index contributed by atoms with van der Waals surface area (Å²) in [6, 6.07) is 24.0. The van der Waals surface area contributed by atoms with Crippen LogP contribution in [-0.4, -0.2) is 10.2 Å². The minimum atomic E-state index is -0.247. The number of nitrogens with zero attached hydrogens (tertiary/aromatic N) is 2. The van der Waals surface area contributed by atoms with E-state index in [1.54, 1.807) is 0 Å². The first-order valence-electron chi connectivity index (χ1n) is 10.3. The minimum absolute atomic E-state index is 0.247. The zero-order chi connectivity index (χ0) is 20.3. The molecule has 0 radical (unpaired) electrons. The van der Waals surface area contributed by atoms with Crippen LogP contribution in [0, 0.1) is 0 Å². The molecule has 0 spiro atoms. The normalized spacial score (nSPS) is 14.2. The van der Waals surface area contributed by atoms with Crippen molar-refractivity contribution in [2.75, 3.05) is 5.32 Å². The first-order valence-corrected chi connectivity index (χ1v) is 10.7. The van der Waals surface area contributed by atoms with Crippen LogP contribution in [-0.2, 0) is 12.8 Å². The zero-order valence-corrected chi connectivity index (χ0v) is 17.3. The van der Waals surface area contributed by atoms with Gasteiger partial charge in [-0.15, -0.1) is 10.2 Å². The van der Waals surface area contributed by atoms with Crippen molar-refractivity contribution in [3.63, 3.8) is 0 Å². The van der Waals surface area contributed by atoms with Crippen molar-refractivity contribution in [3.8, 4) is 11.5 Å². The summed E-state index contributed by atoms with van der Waals surface area (Å²) in [5.41, 5.74) is 5.77. The summed E-state index contributed by atoms with van der Waals surface area (Å²) in [7, 11) is 0. The molecule has 3 aromatic carbocycles. The Balaban J connectivity index is 1.54. The minimum Gasteiger partial charge on any atom is -0.418 e. The lowest BCUT2D eigenvalue weighted by molar-refractivity contribution is 0.494. The highest BCUT2D eigenvalue weighted by atomic mass is 35.5. The molecule has 30 heavy (non-hydrogen) atoms. The van der Waals surface area contributed by atoms with Gasteiger partial charge in [0.05, 0.1) is 10.6 Å². The number of hydrogen-bond acceptors (Lipinski definition) is 4. The summed E-state index contributed by atoms with van der Waals surface area (Å²) >= 11 is 6.33. The van der Waals surface area contributed by atoms with Crippen LogP contribution in [0.25, 0.3) is 11.5 Å². The number of rotatable bonds is 5. The van der Waals surface area contributed by atoms with Gasteiger partial charge in [0.1, 0.15) is 6.04 Å². The van der Waals surface area contributed by atoms with Gasteiger partial charge in [0.15, 0.2) is 0 Å². The van der Waals surface area contributed by atoms with Crippen molar-refractivity contribution in [2.24, 2.45) is 0 Å². The predicted molar refractivity (Wildman–Crippen MR) is 120 cm³/mol. The van der Waals surface area contributed by atoms with Crippen LogP contribution < -0.4 is 5.32 Å². The quantitative estimate of drug-likeness (QED) is 0.405. The largest absolute Gasteiger partial charge is 0.418 e. The third-order valence-corrected chi connectivity index (χ3v) is 5.95. The van der Waals surface area contributed by atoms with Crippen molar-refractivity contribution >= 4 is 17.3 Å². The lowest BCUT2D eigenvalue weighted by Gasteiger charge is -2.23. The van der Waals surface area contributed by atoms with Gasteiger partial charge in [-0.05, 0) is 60.6 Å². The number of aryl methyl sites for hydroxylation is 1. The van der Waals surface area contributed by atoms with Gasteiger partial charge in [0.2, 0.25) is 11.8 Å². The van der Waals surface area contributed by atoms with Crippen molar-refractivity contribution in [1.29, 1.82) is 0 Å². The molecule has 1 aromatic heterocycles. The van der Waals surface area contributed by atoms with Crippen LogP contribution >= 0.6 is 11.6 Å². The second kappa shape index (κ2) is 8.33. The van der Waals surface area contributed by atoms with E-state index in [1.807, 2.05) is 42.5 Å². The molecule has 0 saturated heterocycles. The Morgan fingerprint density at radius 1 is 0.833 bits per heavy atom. The average molecular weight is 416 g/mol. The van der Waals surface area contributed by atoms with Crippen molar-refractivity contribution in [1.82, 2.24) is 10.2 Å². The zero-order valence-electron chi connectivity index (χ0n) is 16.5. The van der Waals surface area contributed by atoms with Crippen LogP contribution in [0.15, 0.2) is 77.2 Å². The van der Waals surface area contributed by atoms with Crippen LogP contribution in [0.5, 0.6) is 0 Å². The van der Waals surface area contributed by atoms with E-state index in [2.05, 4.69) is 45.8 Å². The molecule has 0 unspecified atom stereocenters. The summed E-state index contributed by atoms with van der Waals surface area (Å²) in [5.74, 6) is 0.943. The van der Waals surface area contributed by atoms with E-state index in [4.69, 9.17) is 16.0 Å². The summed E-state index contributed by atoms with van der Waals surface area (Å²) in [5, 5.41) is 12.9. The van der Waals surface area contributed by atoms with Gasteiger partial charge in [-0.2, -0.15) is 0 Å². The number of aromatic nitrogens is 2. The highest BCUT2D eigenvalue weighted by molar-refractivity contribution is 6.33. The first-order chi connectivity index (χ1) is 14.8. The molecular weight excluding hydrogens is 394 g/mol. The van der Waals surface area contributed by atoms with Gasteiger partial charge in [-0.1, -0.05) is 66.2 Å². The summed E-state index contributed by atoms with van der Waals surface area (Å²) in [4.78, 5) is 0. The number of hydrogen-bond donors (Lipinski definition) is 1. The molecule has 1 heterocycles. The Bertz CT molecular complexity index is 1160. The van der Waals surface area contributed by atoms with E-state index in [1.165, 1.54) is 24.0 Å². The molecule has 4 aromatic rings. The molecule has 0 bridgehead atoms. The highest BCUT2D eigenvalue weighted by Crippen LogP contribution is 2.34. The van der Waals surface area contributed by atoms with E-state index in [-0.39, 0.29) is 6.04 Å². The Labute approximate surface area is 180 Å². The molecule has 1 aliphatic carbocycles. The highest BCUT2D eigenvalue weighted by Gasteiger charge is 2.24.